The van der Waals surface area contributed by atoms with Gasteiger partial charge < -0.3 is 5.32 Å². The maximum atomic E-state index is 3.87. The summed E-state index contributed by atoms with van der Waals surface area (Å²) in [6, 6.07) is 0.628. The number of hydrogen-bond donors (Lipinski definition) is 1. The van der Waals surface area contributed by atoms with Gasteiger partial charge in [-0.05, 0) is 55.4 Å². The van der Waals surface area contributed by atoms with Gasteiger partial charge >= 0.3 is 0 Å². The summed E-state index contributed by atoms with van der Waals surface area (Å²) < 4.78 is 0. The highest BCUT2D eigenvalue weighted by atomic mass is 15.0. The van der Waals surface area contributed by atoms with Gasteiger partial charge in [-0.1, -0.05) is 52.7 Å². The Morgan fingerprint density at radius 3 is 2.42 bits per heavy atom. The predicted molar refractivity (Wildman–Crippen MR) is 84.3 cm³/mol. The SMILES string of the molecule is CCCNC(C1=CCCCCC1)C1C(C)(C)C1(C)C. The first-order chi connectivity index (χ1) is 8.93. The second-order valence-electron chi connectivity index (χ2n) is 7.73. The summed E-state index contributed by atoms with van der Waals surface area (Å²) in [7, 11) is 0. The molecule has 110 valence electrons. The van der Waals surface area contributed by atoms with Gasteiger partial charge in [-0.25, -0.2) is 0 Å². The lowest BCUT2D eigenvalue weighted by Crippen LogP contribution is -2.35. The molecule has 19 heavy (non-hydrogen) atoms. The van der Waals surface area contributed by atoms with Crippen molar-refractivity contribution in [1.82, 2.24) is 5.32 Å². The Kier molecular flexibility index (Phi) is 4.45. The van der Waals surface area contributed by atoms with Crippen molar-refractivity contribution in [3.63, 3.8) is 0 Å². The van der Waals surface area contributed by atoms with E-state index in [0.29, 0.717) is 16.9 Å². The second kappa shape index (κ2) is 5.60. The van der Waals surface area contributed by atoms with Gasteiger partial charge in [0, 0.05) is 6.04 Å². The van der Waals surface area contributed by atoms with Crippen LogP contribution in [0.4, 0.5) is 0 Å². The fraction of sp³-hybridized carbons (Fsp3) is 0.889. The standard InChI is InChI=1S/C18H33N/c1-6-13-19-15(14-11-9-7-8-10-12-14)16-17(2,3)18(16,4)5/h11,15-16,19H,6-10,12-13H2,1-5H3. The fourth-order valence-corrected chi connectivity index (χ4v) is 4.17. The Bertz CT molecular complexity index is 324. The molecule has 1 nitrogen and oxygen atoms in total. The van der Waals surface area contributed by atoms with Gasteiger partial charge in [0.15, 0.2) is 0 Å². The van der Waals surface area contributed by atoms with E-state index in [1.165, 1.54) is 38.5 Å². The third-order valence-corrected chi connectivity index (χ3v) is 6.06. The van der Waals surface area contributed by atoms with Crippen molar-refractivity contribution in [2.24, 2.45) is 16.7 Å². The van der Waals surface area contributed by atoms with E-state index < -0.39 is 0 Å². The van der Waals surface area contributed by atoms with Crippen LogP contribution in [-0.4, -0.2) is 12.6 Å². The minimum atomic E-state index is 0.478. The molecular weight excluding hydrogens is 230 g/mol. The van der Waals surface area contributed by atoms with Crippen LogP contribution in [0.25, 0.3) is 0 Å². The normalized spacial score (nSPS) is 27.5. The predicted octanol–water partition coefficient (Wildman–Crippen LogP) is 4.93. The van der Waals surface area contributed by atoms with Gasteiger partial charge in [-0.2, -0.15) is 0 Å². The Morgan fingerprint density at radius 1 is 1.16 bits per heavy atom. The van der Waals surface area contributed by atoms with Crippen LogP contribution >= 0.6 is 0 Å². The van der Waals surface area contributed by atoms with E-state index in [1.54, 1.807) is 5.57 Å². The smallest absolute Gasteiger partial charge is 0.0318 e. The fourth-order valence-electron chi connectivity index (χ4n) is 4.17. The lowest BCUT2D eigenvalue weighted by molar-refractivity contribution is 0.431. The largest absolute Gasteiger partial charge is 0.310 e. The van der Waals surface area contributed by atoms with Crippen molar-refractivity contribution in [2.75, 3.05) is 6.54 Å². The highest BCUT2D eigenvalue weighted by Crippen LogP contribution is 2.70. The van der Waals surface area contributed by atoms with Crippen molar-refractivity contribution in [2.45, 2.75) is 79.2 Å². The highest BCUT2D eigenvalue weighted by Gasteiger charge is 2.67. The molecule has 0 heterocycles. The topological polar surface area (TPSA) is 12.0 Å². The van der Waals surface area contributed by atoms with Crippen LogP contribution in [0.15, 0.2) is 11.6 Å². The van der Waals surface area contributed by atoms with Crippen LogP contribution in [0.1, 0.15) is 73.1 Å². The summed E-state index contributed by atoms with van der Waals surface area (Å²) in [5, 5.41) is 3.87. The Labute approximate surface area is 120 Å². The molecule has 0 spiro atoms. The van der Waals surface area contributed by atoms with Crippen molar-refractivity contribution >= 4 is 0 Å². The minimum absolute atomic E-state index is 0.478. The van der Waals surface area contributed by atoms with Crippen LogP contribution < -0.4 is 5.32 Å². The van der Waals surface area contributed by atoms with Crippen LogP contribution in [0.3, 0.4) is 0 Å². The first-order valence-electron chi connectivity index (χ1n) is 8.35. The number of allylic oxidation sites excluding steroid dienone is 1. The molecule has 2 aliphatic rings. The van der Waals surface area contributed by atoms with E-state index in [2.05, 4.69) is 46.0 Å². The maximum Gasteiger partial charge on any atom is 0.0318 e. The van der Waals surface area contributed by atoms with Gasteiger partial charge in [0.25, 0.3) is 0 Å². The zero-order valence-electron chi connectivity index (χ0n) is 13.7. The van der Waals surface area contributed by atoms with Gasteiger partial charge in [-0.3, -0.25) is 0 Å². The molecule has 0 radical (unpaired) electrons. The third-order valence-electron chi connectivity index (χ3n) is 6.06. The quantitative estimate of drug-likeness (QED) is 0.694. The van der Waals surface area contributed by atoms with Crippen LogP contribution in [0.2, 0.25) is 0 Å². The first-order valence-corrected chi connectivity index (χ1v) is 8.35. The molecule has 1 unspecified atom stereocenters. The number of hydrogen-bond acceptors (Lipinski definition) is 1. The summed E-state index contributed by atoms with van der Waals surface area (Å²) in [6.07, 6.45) is 10.6. The zero-order valence-corrected chi connectivity index (χ0v) is 13.7. The Morgan fingerprint density at radius 2 is 1.84 bits per heavy atom. The molecule has 1 atom stereocenters. The second-order valence-corrected chi connectivity index (χ2v) is 7.73. The summed E-state index contributed by atoms with van der Waals surface area (Å²) in [6.45, 7) is 13.2. The van der Waals surface area contributed by atoms with Crippen molar-refractivity contribution in [1.29, 1.82) is 0 Å². The number of nitrogens with one attached hydrogen (secondary N) is 1. The average molecular weight is 263 g/mol. The molecule has 1 N–H and O–H groups in total. The maximum absolute atomic E-state index is 3.87. The molecule has 0 saturated heterocycles. The van der Waals surface area contributed by atoms with Crippen LogP contribution in [0, 0.1) is 16.7 Å². The molecule has 0 amide bonds. The van der Waals surface area contributed by atoms with Gasteiger partial charge in [0.2, 0.25) is 0 Å². The monoisotopic (exact) mass is 263 g/mol. The van der Waals surface area contributed by atoms with Crippen LogP contribution in [-0.2, 0) is 0 Å². The molecule has 1 saturated carbocycles. The van der Waals surface area contributed by atoms with E-state index in [-0.39, 0.29) is 0 Å². The summed E-state index contributed by atoms with van der Waals surface area (Å²) in [5.74, 6) is 0.802. The summed E-state index contributed by atoms with van der Waals surface area (Å²) >= 11 is 0. The third kappa shape index (κ3) is 2.77. The molecule has 0 aliphatic heterocycles. The highest BCUT2D eigenvalue weighted by molar-refractivity contribution is 5.26. The Balaban J connectivity index is 2.15. The zero-order chi connectivity index (χ0) is 14.1. The molecule has 1 heteroatoms. The Hall–Kier alpha value is -0.300. The van der Waals surface area contributed by atoms with Crippen molar-refractivity contribution in [3.8, 4) is 0 Å². The van der Waals surface area contributed by atoms with Gasteiger partial charge in [0.1, 0.15) is 0 Å². The van der Waals surface area contributed by atoms with Gasteiger partial charge in [-0.15, -0.1) is 0 Å². The molecule has 0 aromatic heterocycles. The first kappa shape index (κ1) is 15.1. The van der Waals surface area contributed by atoms with E-state index in [4.69, 9.17) is 0 Å². The van der Waals surface area contributed by atoms with Crippen LogP contribution in [0.5, 0.6) is 0 Å². The van der Waals surface area contributed by atoms with E-state index in [9.17, 15) is 0 Å². The van der Waals surface area contributed by atoms with Crippen molar-refractivity contribution in [3.05, 3.63) is 11.6 Å². The average Bonchev–Trinajstić information content (AvgIpc) is 2.89. The lowest BCUT2D eigenvalue weighted by atomic mass is 9.93. The lowest BCUT2D eigenvalue weighted by Gasteiger charge is -2.24. The van der Waals surface area contributed by atoms with E-state index in [0.717, 1.165) is 12.5 Å². The molecule has 0 aromatic rings. The number of rotatable bonds is 5. The van der Waals surface area contributed by atoms with E-state index >= 15 is 0 Å². The van der Waals surface area contributed by atoms with E-state index in [1.807, 2.05) is 0 Å². The van der Waals surface area contributed by atoms with Crippen molar-refractivity contribution < 1.29 is 0 Å². The molecule has 2 rings (SSSR count). The molecule has 0 aromatic carbocycles. The molecule has 0 bridgehead atoms. The molecular formula is C18H33N. The molecule has 1 fully saturated rings. The summed E-state index contributed by atoms with van der Waals surface area (Å²) in [4.78, 5) is 0. The minimum Gasteiger partial charge on any atom is -0.310 e. The molecule has 2 aliphatic carbocycles. The summed E-state index contributed by atoms with van der Waals surface area (Å²) in [5.41, 5.74) is 2.67. The van der Waals surface area contributed by atoms with Gasteiger partial charge in [0.05, 0.1) is 0 Å².